The van der Waals surface area contributed by atoms with Crippen molar-refractivity contribution >= 4 is 5.57 Å². The molecule has 2 rings (SSSR count). The van der Waals surface area contributed by atoms with Crippen LogP contribution in [0.3, 0.4) is 0 Å². The molecular formula is C11H9F3. The summed E-state index contributed by atoms with van der Waals surface area (Å²) < 4.78 is 37.2. The van der Waals surface area contributed by atoms with Gasteiger partial charge in [0.15, 0.2) is 0 Å². The number of rotatable bonds is 1. The van der Waals surface area contributed by atoms with Gasteiger partial charge in [-0.1, -0.05) is 35.9 Å². The molecule has 0 saturated heterocycles. The van der Waals surface area contributed by atoms with Gasteiger partial charge < -0.3 is 0 Å². The molecule has 0 nitrogen and oxygen atoms in total. The quantitative estimate of drug-likeness (QED) is 0.646. The highest BCUT2D eigenvalue weighted by atomic mass is 19.4. The van der Waals surface area contributed by atoms with E-state index in [9.17, 15) is 13.2 Å². The summed E-state index contributed by atoms with van der Waals surface area (Å²) >= 11 is 0. The monoisotopic (exact) mass is 198 g/mol. The lowest BCUT2D eigenvalue weighted by atomic mass is 10.1. The topological polar surface area (TPSA) is 0 Å². The van der Waals surface area contributed by atoms with E-state index in [1.54, 1.807) is 37.3 Å². The Morgan fingerprint density at radius 1 is 1.07 bits per heavy atom. The zero-order valence-corrected chi connectivity index (χ0v) is 7.60. The van der Waals surface area contributed by atoms with Crippen LogP contribution < -0.4 is 0 Å². The Hall–Kier alpha value is -1.25. The van der Waals surface area contributed by atoms with Crippen LogP contribution in [-0.4, -0.2) is 6.18 Å². The molecule has 14 heavy (non-hydrogen) atoms. The average molecular weight is 198 g/mol. The van der Waals surface area contributed by atoms with Crippen molar-refractivity contribution in [2.24, 2.45) is 5.92 Å². The Balaban J connectivity index is 2.25. The maximum Gasteiger partial charge on any atom is 0.399 e. The molecular weight excluding hydrogens is 189 g/mol. The first-order valence-electron chi connectivity index (χ1n) is 4.34. The van der Waals surface area contributed by atoms with E-state index < -0.39 is 12.1 Å². The average Bonchev–Trinajstić information content (AvgIpc) is 2.78. The molecule has 0 spiro atoms. The van der Waals surface area contributed by atoms with Crippen molar-refractivity contribution in [3.05, 3.63) is 41.5 Å². The van der Waals surface area contributed by atoms with Crippen LogP contribution in [0.2, 0.25) is 0 Å². The third-order valence-corrected chi connectivity index (χ3v) is 2.48. The summed E-state index contributed by atoms with van der Waals surface area (Å²) in [7, 11) is 0. The van der Waals surface area contributed by atoms with Gasteiger partial charge in [-0.2, -0.15) is 13.2 Å². The number of allylic oxidation sites excluding steroid dienone is 2. The van der Waals surface area contributed by atoms with E-state index in [1.165, 1.54) is 0 Å². The molecule has 1 aliphatic carbocycles. The molecule has 0 aliphatic heterocycles. The van der Waals surface area contributed by atoms with Crippen molar-refractivity contribution < 1.29 is 13.2 Å². The third-order valence-electron chi connectivity index (χ3n) is 2.48. The van der Waals surface area contributed by atoms with Gasteiger partial charge in [0, 0.05) is 0 Å². The number of hydrogen-bond donors (Lipinski definition) is 0. The van der Waals surface area contributed by atoms with E-state index in [0.29, 0.717) is 16.7 Å². The summed E-state index contributed by atoms with van der Waals surface area (Å²) in [6.07, 6.45) is -4.12. The van der Waals surface area contributed by atoms with Crippen molar-refractivity contribution in [1.29, 1.82) is 0 Å². The highest BCUT2D eigenvalue weighted by Gasteiger charge is 2.53. The normalized spacial score (nSPS) is 21.3. The summed E-state index contributed by atoms with van der Waals surface area (Å²) in [5.41, 5.74) is 1.58. The Bertz CT molecular complexity index is 373. The third kappa shape index (κ3) is 1.43. The molecule has 1 aliphatic rings. The van der Waals surface area contributed by atoms with Gasteiger partial charge in [-0.25, -0.2) is 0 Å². The SMILES string of the molecule is CC1=C(c2ccccc2)C1C(F)(F)F. The lowest BCUT2D eigenvalue weighted by Gasteiger charge is -2.06. The van der Waals surface area contributed by atoms with Gasteiger partial charge in [-0.3, -0.25) is 0 Å². The van der Waals surface area contributed by atoms with Crippen LogP contribution in [0.25, 0.3) is 5.57 Å². The lowest BCUT2D eigenvalue weighted by Crippen LogP contribution is -2.13. The van der Waals surface area contributed by atoms with Gasteiger partial charge in [0.1, 0.15) is 5.92 Å². The van der Waals surface area contributed by atoms with Crippen molar-refractivity contribution in [1.82, 2.24) is 0 Å². The van der Waals surface area contributed by atoms with Crippen molar-refractivity contribution in [3.63, 3.8) is 0 Å². The van der Waals surface area contributed by atoms with Crippen molar-refractivity contribution in [2.45, 2.75) is 13.1 Å². The summed E-state index contributed by atoms with van der Waals surface area (Å²) in [5.74, 6) is -1.30. The fourth-order valence-corrected chi connectivity index (χ4v) is 1.75. The fourth-order valence-electron chi connectivity index (χ4n) is 1.75. The van der Waals surface area contributed by atoms with Crippen LogP contribution >= 0.6 is 0 Å². The predicted molar refractivity (Wildman–Crippen MR) is 48.6 cm³/mol. The maximum atomic E-state index is 12.4. The second-order valence-electron chi connectivity index (χ2n) is 3.44. The molecule has 0 aromatic heterocycles. The molecule has 0 heterocycles. The van der Waals surface area contributed by atoms with Gasteiger partial charge in [0.2, 0.25) is 0 Å². The minimum Gasteiger partial charge on any atom is -0.170 e. The van der Waals surface area contributed by atoms with Crippen molar-refractivity contribution in [2.75, 3.05) is 0 Å². The minimum absolute atomic E-state index is 0.443. The summed E-state index contributed by atoms with van der Waals surface area (Å²) in [5, 5.41) is 0. The Morgan fingerprint density at radius 2 is 1.64 bits per heavy atom. The Labute approximate surface area is 80.1 Å². The van der Waals surface area contributed by atoms with Crippen LogP contribution in [0.1, 0.15) is 12.5 Å². The summed E-state index contributed by atoms with van der Waals surface area (Å²) in [6, 6.07) is 8.72. The summed E-state index contributed by atoms with van der Waals surface area (Å²) in [6.45, 7) is 1.54. The summed E-state index contributed by atoms with van der Waals surface area (Å²) in [4.78, 5) is 0. The molecule has 0 amide bonds. The van der Waals surface area contributed by atoms with Crippen LogP contribution in [0.15, 0.2) is 35.9 Å². The number of benzene rings is 1. The zero-order valence-electron chi connectivity index (χ0n) is 7.60. The highest BCUT2D eigenvalue weighted by molar-refractivity contribution is 5.85. The molecule has 0 saturated carbocycles. The first-order chi connectivity index (χ1) is 6.52. The van der Waals surface area contributed by atoms with E-state index in [0.717, 1.165) is 0 Å². The number of alkyl halides is 3. The molecule has 1 aromatic carbocycles. The smallest absolute Gasteiger partial charge is 0.170 e. The zero-order chi connectivity index (χ0) is 10.3. The molecule has 3 heteroatoms. The first kappa shape index (κ1) is 9.31. The lowest BCUT2D eigenvalue weighted by molar-refractivity contribution is -0.140. The van der Waals surface area contributed by atoms with E-state index in [2.05, 4.69) is 0 Å². The molecule has 0 fully saturated rings. The van der Waals surface area contributed by atoms with Crippen LogP contribution in [0, 0.1) is 5.92 Å². The second kappa shape index (κ2) is 2.87. The van der Waals surface area contributed by atoms with E-state index in [1.807, 2.05) is 0 Å². The van der Waals surface area contributed by atoms with Crippen molar-refractivity contribution in [3.8, 4) is 0 Å². The van der Waals surface area contributed by atoms with E-state index in [-0.39, 0.29) is 0 Å². The van der Waals surface area contributed by atoms with Gasteiger partial charge in [0.05, 0.1) is 0 Å². The minimum atomic E-state index is -4.12. The predicted octanol–water partition coefficient (Wildman–Crippen LogP) is 3.65. The number of hydrogen-bond acceptors (Lipinski definition) is 0. The van der Waals surface area contributed by atoms with Gasteiger partial charge >= 0.3 is 6.18 Å². The number of halogens is 3. The molecule has 0 N–H and O–H groups in total. The molecule has 0 radical (unpaired) electrons. The highest BCUT2D eigenvalue weighted by Crippen LogP contribution is 2.55. The Morgan fingerprint density at radius 3 is 2.07 bits per heavy atom. The van der Waals surface area contributed by atoms with E-state index in [4.69, 9.17) is 0 Å². The molecule has 0 bridgehead atoms. The van der Waals surface area contributed by atoms with Gasteiger partial charge in [0.25, 0.3) is 0 Å². The standard InChI is InChI=1S/C11H9F3/c1-7-9(10(7)11(12,13)14)8-5-3-2-4-6-8/h2-6,10H,1H3. The Kier molecular flexibility index (Phi) is 1.91. The van der Waals surface area contributed by atoms with Gasteiger partial charge in [-0.05, 0) is 18.1 Å². The van der Waals surface area contributed by atoms with E-state index >= 15 is 0 Å². The molecule has 74 valence electrons. The van der Waals surface area contributed by atoms with Crippen LogP contribution in [0.4, 0.5) is 13.2 Å². The fraction of sp³-hybridized carbons (Fsp3) is 0.273. The first-order valence-corrected chi connectivity index (χ1v) is 4.34. The molecule has 1 aromatic rings. The molecule has 1 atom stereocenters. The second-order valence-corrected chi connectivity index (χ2v) is 3.44. The maximum absolute atomic E-state index is 12.4. The largest absolute Gasteiger partial charge is 0.399 e. The van der Waals surface area contributed by atoms with Crippen LogP contribution in [0.5, 0.6) is 0 Å². The van der Waals surface area contributed by atoms with Crippen LogP contribution in [-0.2, 0) is 0 Å². The van der Waals surface area contributed by atoms with Gasteiger partial charge in [-0.15, -0.1) is 0 Å². The molecule has 1 unspecified atom stereocenters.